The number of rotatable bonds is 2. The number of carboxylic acid groups (broad SMARTS) is 1. The highest BCUT2D eigenvalue weighted by Gasteiger charge is 2.34. The first-order valence-corrected chi connectivity index (χ1v) is 5.44. The maximum Gasteiger partial charge on any atom is 0.310 e. The Balaban J connectivity index is 2.18. The second-order valence-corrected chi connectivity index (χ2v) is 4.49. The Labute approximate surface area is 100 Å². The number of nitriles is 1. The summed E-state index contributed by atoms with van der Waals surface area (Å²) in [6.45, 7) is 0.831. The van der Waals surface area contributed by atoms with Crippen LogP contribution < -0.4 is 4.90 Å². The molecule has 0 saturated carbocycles. The molecular weight excluding hydrogens is 274 g/mol. The zero-order chi connectivity index (χ0) is 11.7. The second-order valence-electron chi connectivity index (χ2n) is 3.58. The van der Waals surface area contributed by atoms with Gasteiger partial charge in [-0.3, -0.25) is 4.79 Å². The zero-order valence-electron chi connectivity index (χ0n) is 8.22. The molecule has 0 unspecified atom stereocenters. The first-order chi connectivity index (χ1) is 7.61. The lowest BCUT2D eigenvalue weighted by Crippen LogP contribution is -2.51. The molecule has 1 aromatic heterocycles. The van der Waals surface area contributed by atoms with E-state index < -0.39 is 5.97 Å². The van der Waals surface area contributed by atoms with Gasteiger partial charge in [0.1, 0.15) is 11.9 Å². The summed E-state index contributed by atoms with van der Waals surface area (Å²) in [5.41, 5.74) is 0.457. The second kappa shape index (κ2) is 4.10. The predicted octanol–water partition coefficient (Wildman–Crippen LogP) is 1.24. The van der Waals surface area contributed by atoms with E-state index in [2.05, 4.69) is 20.9 Å². The molecular formula is C10H8BrN3O2. The van der Waals surface area contributed by atoms with Crippen LogP contribution in [0.25, 0.3) is 0 Å². The lowest BCUT2D eigenvalue weighted by Gasteiger charge is -2.37. The number of carbonyl (C=O) groups is 1. The van der Waals surface area contributed by atoms with Crippen molar-refractivity contribution >= 4 is 27.7 Å². The van der Waals surface area contributed by atoms with Gasteiger partial charge >= 0.3 is 5.97 Å². The molecule has 0 aliphatic carbocycles. The van der Waals surface area contributed by atoms with Crippen molar-refractivity contribution in [3.05, 3.63) is 22.3 Å². The van der Waals surface area contributed by atoms with Gasteiger partial charge in [-0.15, -0.1) is 0 Å². The highest BCUT2D eigenvalue weighted by Crippen LogP contribution is 2.27. The quantitative estimate of drug-likeness (QED) is 0.883. The molecule has 1 aliphatic heterocycles. The molecule has 0 atom stereocenters. The van der Waals surface area contributed by atoms with Gasteiger partial charge < -0.3 is 10.0 Å². The molecule has 2 rings (SSSR count). The predicted molar refractivity (Wildman–Crippen MR) is 60.0 cm³/mol. The van der Waals surface area contributed by atoms with E-state index in [0.717, 1.165) is 4.47 Å². The SMILES string of the molecule is N#Cc1cc(Br)cnc1N1CC(C(=O)O)C1. The highest BCUT2D eigenvalue weighted by molar-refractivity contribution is 9.10. The molecule has 0 bridgehead atoms. The Morgan fingerprint density at radius 1 is 1.69 bits per heavy atom. The van der Waals surface area contributed by atoms with Crippen LogP contribution >= 0.6 is 15.9 Å². The van der Waals surface area contributed by atoms with Crippen LogP contribution in [-0.4, -0.2) is 29.1 Å². The summed E-state index contributed by atoms with van der Waals surface area (Å²) in [5, 5.41) is 17.7. The van der Waals surface area contributed by atoms with Crippen molar-refractivity contribution in [1.29, 1.82) is 5.26 Å². The van der Waals surface area contributed by atoms with Gasteiger partial charge in [0, 0.05) is 23.8 Å². The van der Waals surface area contributed by atoms with E-state index in [4.69, 9.17) is 10.4 Å². The van der Waals surface area contributed by atoms with Gasteiger partial charge in [-0.25, -0.2) is 4.98 Å². The van der Waals surface area contributed by atoms with Crippen molar-refractivity contribution < 1.29 is 9.90 Å². The molecule has 0 radical (unpaired) electrons. The fourth-order valence-electron chi connectivity index (χ4n) is 1.57. The number of pyridine rings is 1. The lowest BCUT2D eigenvalue weighted by atomic mass is 10.00. The Morgan fingerprint density at radius 2 is 2.38 bits per heavy atom. The number of carboxylic acids is 1. The first kappa shape index (κ1) is 10.9. The molecule has 1 N–H and O–H groups in total. The minimum Gasteiger partial charge on any atom is -0.481 e. The molecule has 5 nitrogen and oxygen atoms in total. The number of hydrogen-bond acceptors (Lipinski definition) is 4. The van der Waals surface area contributed by atoms with Crippen LogP contribution in [0, 0.1) is 17.2 Å². The van der Waals surface area contributed by atoms with Crippen molar-refractivity contribution in [3.63, 3.8) is 0 Å². The molecule has 0 aromatic carbocycles. The fraction of sp³-hybridized carbons (Fsp3) is 0.300. The van der Waals surface area contributed by atoms with Crippen molar-refractivity contribution in [1.82, 2.24) is 4.98 Å². The third kappa shape index (κ3) is 1.86. The third-order valence-corrected chi connectivity index (χ3v) is 2.92. The van der Waals surface area contributed by atoms with Gasteiger partial charge in [0.15, 0.2) is 0 Å². The number of aliphatic carboxylic acids is 1. The zero-order valence-corrected chi connectivity index (χ0v) is 9.81. The monoisotopic (exact) mass is 281 g/mol. The third-order valence-electron chi connectivity index (χ3n) is 2.48. The average molecular weight is 282 g/mol. The summed E-state index contributed by atoms with van der Waals surface area (Å²) < 4.78 is 0.739. The summed E-state index contributed by atoms with van der Waals surface area (Å²) >= 11 is 3.24. The Bertz CT molecular complexity index is 477. The van der Waals surface area contributed by atoms with E-state index in [9.17, 15) is 4.79 Å². The largest absolute Gasteiger partial charge is 0.481 e. The fourth-order valence-corrected chi connectivity index (χ4v) is 1.91. The van der Waals surface area contributed by atoms with Crippen LogP contribution in [0.15, 0.2) is 16.7 Å². The molecule has 1 saturated heterocycles. The van der Waals surface area contributed by atoms with Crippen molar-refractivity contribution in [2.24, 2.45) is 5.92 Å². The lowest BCUT2D eigenvalue weighted by molar-refractivity contribution is -0.142. The van der Waals surface area contributed by atoms with Gasteiger partial charge in [-0.05, 0) is 22.0 Å². The number of nitrogens with zero attached hydrogens (tertiary/aromatic N) is 3. The summed E-state index contributed by atoms with van der Waals surface area (Å²) in [4.78, 5) is 16.6. The number of anilines is 1. The minimum atomic E-state index is -0.799. The molecule has 16 heavy (non-hydrogen) atoms. The number of hydrogen-bond donors (Lipinski definition) is 1. The minimum absolute atomic E-state index is 0.350. The van der Waals surface area contributed by atoms with E-state index in [1.54, 1.807) is 17.2 Å². The van der Waals surface area contributed by atoms with Gasteiger partial charge in [0.05, 0.1) is 11.5 Å². The van der Waals surface area contributed by atoms with E-state index >= 15 is 0 Å². The number of aromatic nitrogens is 1. The van der Waals surface area contributed by atoms with Crippen LogP contribution in [0.4, 0.5) is 5.82 Å². The van der Waals surface area contributed by atoms with Crippen molar-refractivity contribution in [2.75, 3.05) is 18.0 Å². The number of halogens is 1. The maximum atomic E-state index is 10.6. The normalized spacial score (nSPS) is 15.4. The highest BCUT2D eigenvalue weighted by atomic mass is 79.9. The Kier molecular flexibility index (Phi) is 2.79. The average Bonchev–Trinajstić information content (AvgIpc) is 2.17. The van der Waals surface area contributed by atoms with Crippen molar-refractivity contribution in [3.8, 4) is 6.07 Å². The molecule has 1 aliphatic rings. The Hall–Kier alpha value is -1.61. The standard InChI is InChI=1S/C10H8BrN3O2/c11-8-1-6(2-12)9(13-3-8)14-4-7(5-14)10(15)16/h1,3,7H,4-5H2,(H,15,16). The smallest absolute Gasteiger partial charge is 0.310 e. The topological polar surface area (TPSA) is 77.2 Å². The molecule has 1 aromatic rings. The summed E-state index contributed by atoms with van der Waals surface area (Å²) in [7, 11) is 0. The van der Waals surface area contributed by atoms with E-state index in [1.807, 2.05) is 6.07 Å². The van der Waals surface area contributed by atoms with Crippen LogP contribution in [0.5, 0.6) is 0 Å². The van der Waals surface area contributed by atoms with Gasteiger partial charge in [-0.1, -0.05) is 0 Å². The van der Waals surface area contributed by atoms with E-state index in [1.165, 1.54) is 0 Å². The molecule has 6 heteroatoms. The summed E-state index contributed by atoms with van der Waals surface area (Å²) in [5.74, 6) is -0.591. The van der Waals surface area contributed by atoms with Crippen LogP contribution in [0.1, 0.15) is 5.56 Å². The Morgan fingerprint density at radius 3 is 2.94 bits per heavy atom. The van der Waals surface area contributed by atoms with Gasteiger partial charge in [0.2, 0.25) is 0 Å². The molecule has 0 spiro atoms. The van der Waals surface area contributed by atoms with Crippen LogP contribution in [-0.2, 0) is 4.79 Å². The molecule has 2 heterocycles. The maximum absolute atomic E-state index is 10.6. The first-order valence-electron chi connectivity index (χ1n) is 4.65. The van der Waals surface area contributed by atoms with Gasteiger partial charge in [0.25, 0.3) is 0 Å². The molecule has 82 valence electrons. The van der Waals surface area contributed by atoms with Crippen molar-refractivity contribution in [2.45, 2.75) is 0 Å². The summed E-state index contributed by atoms with van der Waals surface area (Å²) in [6.07, 6.45) is 1.60. The molecule has 0 amide bonds. The van der Waals surface area contributed by atoms with Crippen LogP contribution in [0.3, 0.4) is 0 Å². The van der Waals surface area contributed by atoms with E-state index in [0.29, 0.717) is 24.5 Å². The van der Waals surface area contributed by atoms with E-state index in [-0.39, 0.29) is 5.92 Å². The van der Waals surface area contributed by atoms with Crippen LogP contribution in [0.2, 0.25) is 0 Å². The summed E-state index contributed by atoms with van der Waals surface area (Å²) in [6, 6.07) is 3.72. The molecule has 1 fully saturated rings. The van der Waals surface area contributed by atoms with Gasteiger partial charge in [-0.2, -0.15) is 5.26 Å².